The molecule has 0 amide bonds. The first kappa shape index (κ1) is 14.2. The van der Waals surface area contributed by atoms with E-state index >= 15 is 0 Å². The Bertz CT molecular complexity index is 360. The zero-order chi connectivity index (χ0) is 13.1. The lowest BCUT2D eigenvalue weighted by atomic mass is 9.84. The van der Waals surface area contributed by atoms with Crippen molar-refractivity contribution in [3.8, 4) is 0 Å². The van der Waals surface area contributed by atoms with Gasteiger partial charge in [-0.3, -0.25) is 0 Å². The first-order valence-corrected chi connectivity index (χ1v) is 6.64. The maximum atomic E-state index is 3.62. The normalized spacial score (nSPS) is 13.8. The Hall–Kier alpha value is -0.820. The summed E-state index contributed by atoms with van der Waals surface area (Å²) in [7, 11) is 0. The van der Waals surface area contributed by atoms with E-state index in [9.17, 15) is 0 Å². The number of rotatable bonds is 4. The van der Waals surface area contributed by atoms with E-state index in [4.69, 9.17) is 0 Å². The van der Waals surface area contributed by atoms with Crippen LogP contribution in [0.15, 0.2) is 18.2 Å². The van der Waals surface area contributed by atoms with Gasteiger partial charge in [0.1, 0.15) is 0 Å². The van der Waals surface area contributed by atoms with Gasteiger partial charge in [-0.05, 0) is 43.4 Å². The van der Waals surface area contributed by atoms with Crippen LogP contribution in [0.5, 0.6) is 0 Å². The zero-order valence-corrected chi connectivity index (χ0v) is 12.2. The fraction of sp³-hybridized carbons (Fsp3) is 0.625. The molecule has 0 aromatic heterocycles. The lowest BCUT2D eigenvalue weighted by Gasteiger charge is -2.28. The molecule has 0 bridgehead atoms. The van der Waals surface area contributed by atoms with Crippen LogP contribution in [0.4, 0.5) is 0 Å². The average Bonchev–Trinajstić information content (AvgIpc) is 2.14. The van der Waals surface area contributed by atoms with Gasteiger partial charge in [-0.1, -0.05) is 51.5 Å². The van der Waals surface area contributed by atoms with E-state index in [1.54, 1.807) is 0 Å². The van der Waals surface area contributed by atoms with Gasteiger partial charge in [0.25, 0.3) is 0 Å². The first-order chi connectivity index (χ1) is 7.83. The van der Waals surface area contributed by atoms with Crippen LogP contribution >= 0.6 is 0 Å². The van der Waals surface area contributed by atoms with Gasteiger partial charge < -0.3 is 5.32 Å². The number of nitrogens with one attached hydrogen (secondary N) is 1. The molecule has 0 fully saturated rings. The Morgan fingerprint density at radius 3 is 2.29 bits per heavy atom. The predicted octanol–water partition coefficient (Wildman–Crippen LogP) is 4.39. The van der Waals surface area contributed by atoms with Gasteiger partial charge in [0.15, 0.2) is 0 Å². The number of aryl methyl sites for hydroxylation is 2. The van der Waals surface area contributed by atoms with Crippen LogP contribution in [0.3, 0.4) is 0 Å². The molecule has 1 heteroatoms. The average molecular weight is 233 g/mol. The van der Waals surface area contributed by atoms with Gasteiger partial charge in [0, 0.05) is 6.04 Å². The number of benzene rings is 1. The van der Waals surface area contributed by atoms with Gasteiger partial charge in [0.2, 0.25) is 0 Å². The molecule has 1 nitrogen and oxygen atoms in total. The molecule has 0 aliphatic rings. The summed E-state index contributed by atoms with van der Waals surface area (Å²) in [5, 5.41) is 3.62. The third kappa shape index (κ3) is 4.51. The summed E-state index contributed by atoms with van der Waals surface area (Å²) in [6.45, 7) is 14.5. The van der Waals surface area contributed by atoms with E-state index < -0.39 is 0 Å². The minimum Gasteiger partial charge on any atom is -0.310 e. The minimum atomic E-state index is 0.351. The molecule has 0 spiro atoms. The van der Waals surface area contributed by atoms with E-state index in [0.29, 0.717) is 11.5 Å². The fourth-order valence-corrected chi connectivity index (χ4v) is 2.37. The van der Waals surface area contributed by atoms with Gasteiger partial charge in [-0.2, -0.15) is 0 Å². The summed E-state index contributed by atoms with van der Waals surface area (Å²) in [4.78, 5) is 0. The van der Waals surface area contributed by atoms with Crippen LogP contribution in [-0.4, -0.2) is 6.54 Å². The van der Waals surface area contributed by atoms with Crippen molar-refractivity contribution in [2.75, 3.05) is 6.54 Å². The first-order valence-electron chi connectivity index (χ1n) is 6.64. The summed E-state index contributed by atoms with van der Waals surface area (Å²) in [5.41, 5.74) is 4.55. The highest BCUT2D eigenvalue weighted by atomic mass is 14.9. The van der Waals surface area contributed by atoms with Crippen molar-refractivity contribution < 1.29 is 0 Å². The van der Waals surface area contributed by atoms with Crippen molar-refractivity contribution in [2.24, 2.45) is 5.41 Å². The number of hydrogen-bond acceptors (Lipinski definition) is 1. The highest BCUT2D eigenvalue weighted by Crippen LogP contribution is 2.31. The van der Waals surface area contributed by atoms with Crippen molar-refractivity contribution >= 4 is 0 Å². The Morgan fingerprint density at radius 1 is 1.18 bits per heavy atom. The monoisotopic (exact) mass is 233 g/mol. The second kappa shape index (κ2) is 5.68. The molecular formula is C16H27N. The smallest absolute Gasteiger partial charge is 0.0327 e. The summed E-state index contributed by atoms with van der Waals surface area (Å²) in [5.74, 6) is 0. The van der Waals surface area contributed by atoms with E-state index in [2.05, 4.69) is 65.1 Å². The lowest BCUT2D eigenvalue weighted by Crippen LogP contribution is -2.26. The molecule has 17 heavy (non-hydrogen) atoms. The van der Waals surface area contributed by atoms with Crippen molar-refractivity contribution in [1.82, 2.24) is 5.32 Å². The van der Waals surface area contributed by atoms with Gasteiger partial charge in [-0.15, -0.1) is 0 Å². The molecule has 96 valence electrons. The number of hydrogen-bond donors (Lipinski definition) is 1. The van der Waals surface area contributed by atoms with E-state index in [-0.39, 0.29) is 0 Å². The topological polar surface area (TPSA) is 12.0 Å². The van der Waals surface area contributed by atoms with Gasteiger partial charge in [-0.25, -0.2) is 0 Å². The molecule has 0 aliphatic heterocycles. The molecule has 1 rings (SSSR count). The van der Waals surface area contributed by atoms with Crippen molar-refractivity contribution in [1.29, 1.82) is 0 Å². The van der Waals surface area contributed by atoms with E-state index in [1.165, 1.54) is 23.1 Å². The van der Waals surface area contributed by atoms with Gasteiger partial charge in [0.05, 0.1) is 0 Å². The standard InChI is InChI=1S/C16H27N/c1-7-17-15(11-16(4,5)6)14-9-8-12(2)10-13(14)3/h8-10,15,17H,7,11H2,1-6H3. The summed E-state index contributed by atoms with van der Waals surface area (Å²) in [6.07, 6.45) is 1.17. The van der Waals surface area contributed by atoms with Crippen LogP contribution in [0, 0.1) is 19.3 Å². The quantitative estimate of drug-likeness (QED) is 0.813. The highest BCUT2D eigenvalue weighted by Gasteiger charge is 2.20. The zero-order valence-electron chi connectivity index (χ0n) is 12.2. The van der Waals surface area contributed by atoms with Crippen LogP contribution in [0.2, 0.25) is 0 Å². The van der Waals surface area contributed by atoms with Gasteiger partial charge >= 0.3 is 0 Å². The minimum absolute atomic E-state index is 0.351. The molecule has 1 N–H and O–H groups in total. The fourth-order valence-electron chi connectivity index (χ4n) is 2.37. The molecule has 1 aromatic rings. The van der Waals surface area contributed by atoms with Crippen molar-refractivity contribution in [2.45, 2.75) is 54.0 Å². The maximum absolute atomic E-state index is 3.62. The third-order valence-corrected chi connectivity index (χ3v) is 3.07. The SMILES string of the molecule is CCNC(CC(C)(C)C)c1ccc(C)cc1C. The van der Waals surface area contributed by atoms with Crippen LogP contribution in [0.25, 0.3) is 0 Å². The van der Waals surface area contributed by atoms with Crippen LogP contribution in [0.1, 0.15) is 56.8 Å². The Balaban J connectivity index is 2.97. The Morgan fingerprint density at radius 2 is 1.82 bits per heavy atom. The summed E-state index contributed by atoms with van der Waals surface area (Å²) in [6, 6.07) is 7.25. The van der Waals surface area contributed by atoms with E-state index in [0.717, 1.165) is 6.54 Å². The molecule has 0 saturated heterocycles. The highest BCUT2D eigenvalue weighted by molar-refractivity contribution is 5.33. The van der Waals surface area contributed by atoms with Crippen molar-refractivity contribution in [3.63, 3.8) is 0 Å². The summed E-state index contributed by atoms with van der Waals surface area (Å²) >= 11 is 0. The molecule has 1 unspecified atom stereocenters. The van der Waals surface area contributed by atoms with E-state index in [1.807, 2.05) is 0 Å². The largest absolute Gasteiger partial charge is 0.310 e. The Labute approximate surface area is 107 Å². The molecule has 0 saturated carbocycles. The summed E-state index contributed by atoms with van der Waals surface area (Å²) < 4.78 is 0. The lowest BCUT2D eigenvalue weighted by molar-refractivity contribution is 0.313. The molecule has 0 heterocycles. The molecule has 1 atom stereocenters. The molecule has 0 radical (unpaired) electrons. The second-order valence-corrected chi connectivity index (χ2v) is 6.24. The van der Waals surface area contributed by atoms with Crippen LogP contribution in [-0.2, 0) is 0 Å². The molecular weight excluding hydrogens is 206 g/mol. The molecule has 1 aromatic carbocycles. The molecule has 0 aliphatic carbocycles. The predicted molar refractivity (Wildman–Crippen MR) is 76.4 cm³/mol. The maximum Gasteiger partial charge on any atom is 0.0327 e. The van der Waals surface area contributed by atoms with Crippen molar-refractivity contribution in [3.05, 3.63) is 34.9 Å². The second-order valence-electron chi connectivity index (χ2n) is 6.24. The van der Waals surface area contributed by atoms with Crippen LogP contribution < -0.4 is 5.32 Å². The Kier molecular flexibility index (Phi) is 4.76. The third-order valence-electron chi connectivity index (χ3n) is 3.07.